The van der Waals surface area contributed by atoms with Gasteiger partial charge in [0.1, 0.15) is 0 Å². The Hall–Kier alpha value is -2.78. The predicted octanol–water partition coefficient (Wildman–Crippen LogP) is 3.85. The SMILES string of the molecule is CCOc1ccc(S(=O)(=O)N2CCCCC2CNC(=O)Nc2ccccc2)cc1OCC. The van der Waals surface area contributed by atoms with Gasteiger partial charge in [-0.05, 0) is 51.0 Å². The fraction of sp³-hybridized carbons (Fsp3) is 0.435. The van der Waals surface area contributed by atoms with E-state index in [1.165, 1.54) is 10.4 Å². The topological polar surface area (TPSA) is 97.0 Å². The molecule has 0 radical (unpaired) electrons. The second-order valence-corrected chi connectivity index (χ2v) is 9.33. The first-order valence-electron chi connectivity index (χ1n) is 11.0. The predicted molar refractivity (Wildman–Crippen MR) is 124 cm³/mol. The van der Waals surface area contributed by atoms with Crippen LogP contribution in [-0.2, 0) is 10.0 Å². The molecule has 2 N–H and O–H groups in total. The Morgan fingerprint density at radius 3 is 2.47 bits per heavy atom. The molecule has 1 fully saturated rings. The maximum atomic E-state index is 13.5. The Bertz CT molecular complexity index is 998. The largest absolute Gasteiger partial charge is 0.490 e. The number of rotatable bonds is 9. The van der Waals surface area contributed by atoms with Crippen LogP contribution in [0.2, 0.25) is 0 Å². The summed E-state index contributed by atoms with van der Waals surface area (Å²) in [6.45, 7) is 5.19. The summed E-state index contributed by atoms with van der Waals surface area (Å²) < 4.78 is 39.6. The summed E-state index contributed by atoms with van der Waals surface area (Å²) in [7, 11) is -3.76. The molecule has 1 saturated heterocycles. The van der Waals surface area contributed by atoms with Crippen LogP contribution in [0.25, 0.3) is 0 Å². The maximum absolute atomic E-state index is 13.5. The Balaban J connectivity index is 1.73. The van der Waals surface area contributed by atoms with Gasteiger partial charge in [0.2, 0.25) is 10.0 Å². The molecule has 1 aliphatic rings. The van der Waals surface area contributed by atoms with Gasteiger partial charge < -0.3 is 20.1 Å². The van der Waals surface area contributed by atoms with E-state index in [0.717, 1.165) is 12.8 Å². The Morgan fingerprint density at radius 2 is 1.75 bits per heavy atom. The van der Waals surface area contributed by atoms with Gasteiger partial charge in [0.15, 0.2) is 11.5 Å². The average Bonchev–Trinajstić information content (AvgIpc) is 2.80. The number of sulfonamides is 1. The highest BCUT2D eigenvalue weighted by atomic mass is 32.2. The van der Waals surface area contributed by atoms with Gasteiger partial charge in [-0.25, -0.2) is 13.2 Å². The minimum Gasteiger partial charge on any atom is -0.490 e. The third-order valence-corrected chi connectivity index (χ3v) is 7.17. The van der Waals surface area contributed by atoms with Gasteiger partial charge in [-0.2, -0.15) is 4.31 Å². The summed E-state index contributed by atoms with van der Waals surface area (Å²) >= 11 is 0. The highest BCUT2D eigenvalue weighted by Crippen LogP contribution is 2.33. The molecular formula is C23H31N3O5S. The van der Waals surface area contributed by atoms with Crippen LogP contribution in [0.15, 0.2) is 53.4 Å². The van der Waals surface area contributed by atoms with Crippen molar-refractivity contribution in [3.05, 3.63) is 48.5 Å². The van der Waals surface area contributed by atoms with Crippen molar-refractivity contribution in [1.82, 2.24) is 9.62 Å². The molecule has 174 valence electrons. The second kappa shape index (κ2) is 11.2. The van der Waals surface area contributed by atoms with Crippen molar-refractivity contribution in [3.8, 4) is 11.5 Å². The smallest absolute Gasteiger partial charge is 0.319 e. The van der Waals surface area contributed by atoms with Crippen LogP contribution in [0.5, 0.6) is 11.5 Å². The molecule has 0 spiro atoms. The minimum atomic E-state index is -3.76. The Morgan fingerprint density at radius 1 is 1.03 bits per heavy atom. The summed E-state index contributed by atoms with van der Waals surface area (Å²) in [4.78, 5) is 12.4. The zero-order chi connectivity index (χ0) is 23.0. The van der Waals surface area contributed by atoms with E-state index in [-0.39, 0.29) is 23.5 Å². The molecule has 0 aliphatic carbocycles. The standard InChI is InChI=1S/C23H31N3O5S/c1-3-30-21-14-13-20(16-22(21)31-4-2)32(28,29)26-15-9-8-12-19(26)17-24-23(27)25-18-10-6-5-7-11-18/h5-7,10-11,13-14,16,19H,3-4,8-9,12,15,17H2,1-2H3,(H2,24,25,27). The van der Waals surface area contributed by atoms with Gasteiger partial charge in [-0.15, -0.1) is 0 Å². The lowest BCUT2D eigenvalue weighted by molar-refractivity contribution is 0.231. The highest BCUT2D eigenvalue weighted by molar-refractivity contribution is 7.89. The lowest BCUT2D eigenvalue weighted by atomic mass is 10.1. The molecule has 3 rings (SSSR count). The van der Waals surface area contributed by atoms with Crippen LogP contribution >= 0.6 is 0 Å². The number of nitrogens with zero attached hydrogens (tertiary/aromatic N) is 1. The first-order chi connectivity index (χ1) is 15.5. The van der Waals surface area contributed by atoms with E-state index in [9.17, 15) is 13.2 Å². The van der Waals surface area contributed by atoms with Gasteiger partial charge in [-0.1, -0.05) is 24.6 Å². The van der Waals surface area contributed by atoms with E-state index in [2.05, 4.69) is 10.6 Å². The molecular weight excluding hydrogens is 430 g/mol. The van der Waals surface area contributed by atoms with Crippen LogP contribution in [-0.4, -0.2) is 51.1 Å². The van der Waals surface area contributed by atoms with Crippen LogP contribution in [0, 0.1) is 0 Å². The average molecular weight is 462 g/mol. The number of hydrogen-bond donors (Lipinski definition) is 2. The summed E-state index contributed by atoms with van der Waals surface area (Å²) in [5, 5.41) is 5.57. The number of para-hydroxylation sites is 1. The summed E-state index contributed by atoms with van der Waals surface area (Å²) in [5.74, 6) is 0.923. The molecule has 1 aliphatic heterocycles. The van der Waals surface area contributed by atoms with Crippen LogP contribution in [0.1, 0.15) is 33.1 Å². The third-order valence-electron chi connectivity index (χ3n) is 5.22. The van der Waals surface area contributed by atoms with Crippen molar-refractivity contribution in [1.29, 1.82) is 0 Å². The van der Waals surface area contributed by atoms with E-state index in [1.807, 2.05) is 32.0 Å². The van der Waals surface area contributed by atoms with E-state index in [0.29, 0.717) is 43.4 Å². The molecule has 0 aromatic heterocycles. The molecule has 1 heterocycles. The second-order valence-electron chi connectivity index (χ2n) is 7.44. The number of nitrogens with one attached hydrogen (secondary N) is 2. The normalized spacial score (nSPS) is 16.9. The molecule has 0 saturated carbocycles. The highest BCUT2D eigenvalue weighted by Gasteiger charge is 2.34. The van der Waals surface area contributed by atoms with Gasteiger partial charge in [0.05, 0.1) is 18.1 Å². The van der Waals surface area contributed by atoms with E-state index in [4.69, 9.17) is 9.47 Å². The van der Waals surface area contributed by atoms with Crippen molar-refractivity contribution in [2.75, 3.05) is 31.6 Å². The lowest BCUT2D eigenvalue weighted by Gasteiger charge is -2.34. The fourth-order valence-electron chi connectivity index (χ4n) is 3.73. The van der Waals surface area contributed by atoms with Crippen LogP contribution in [0.3, 0.4) is 0 Å². The van der Waals surface area contributed by atoms with E-state index < -0.39 is 10.0 Å². The number of hydrogen-bond acceptors (Lipinski definition) is 5. The molecule has 2 aromatic carbocycles. The molecule has 9 heteroatoms. The molecule has 1 unspecified atom stereocenters. The number of carbonyl (C=O) groups is 1. The molecule has 0 bridgehead atoms. The summed E-state index contributed by atoms with van der Waals surface area (Å²) in [5.41, 5.74) is 0.677. The van der Waals surface area contributed by atoms with E-state index >= 15 is 0 Å². The number of ether oxygens (including phenoxy) is 2. The number of urea groups is 1. The zero-order valence-electron chi connectivity index (χ0n) is 18.5. The fourth-order valence-corrected chi connectivity index (χ4v) is 5.44. The molecule has 2 aromatic rings. The first kappa shape index (κ1) is 23.9. The number of carbonyl (C=O) groups excluding carboxylic acids is 1. The van der Waals surface area contributed by atoms with Crippen molar-refractivity contribution in [3.63, 3.8) is 0 Å². The van der Waals surface area contributed by atoms with Crippen LogP contribution in [0.4, 0.5) is 10.5 Å². The Kier molecular flexibility index (Phi) is 8.35. The Labute approximate surface area is 190 Å². The number of benzene rings is 2. The van der Waals surface area contributed by atoms with Crippen molar-refractivity contribution in [2.24, 2.45) is 0 Å². The van der Waals surface area contributed by atoms with Gasteiger partial charge in [0, 0.05) is 30.9 Å². The van der Waals surface area contributed by atoms with Crippen molar-refractivity contribution < 1.29 is 22.7 Å². The number of amides is 2. The zero-order valence-corrected chi connectivity index (χ0v) is 19.4. The minimum absolute atomic E-state index is 0.157. The quantitative estimate of drug-likeness (QED) is 0.591. The van der Waals surface area contributed by atoms with Gasteiger partial charge in [0.25, 0.3) is 0 Å². The summed E-state index contributed by atoms with van der Waals surface area (Å²) in [6, 6.07) is 13.1. The maximum Gasteiger partial charge on any atom is 0.319 e. The molecule has 32 heavy (non-hydrogen) atoms. The van der Waals surface area contributed by atoms with E-state index in [1.54, 1.807) is 24.3 Å². The molecule has 8 nitrogen and oxygen atoms in total. The van der Waals surface area contributed by atoms with Gasteiger partial charge >= 0.3 is 6.03 Å². The molecule has 2 amide bonds. The van der Waals surface area contributed by atoms with Gasteiger partial charge in [-0.3, -0.25) is 0 Å². The first-order valence-corrected chi connectivity index (χ1v) is 12.4. The molecule has 1 atom stereocenters. The third kappa shape index (κ3) is 5.92. The van der Waals surface area contributed by atoms with Crippen LogP contribution < -0.4 is 20.1 Å². The van der Waals surface area contributed by atoms with Crippen molar-refractivity contribution in [2.45, 2.75) is 44.0 Å². The van der Waals surface area contributed by atoms with Crippen molar-refractivity contribution >= 4 is 21.7 Å². The monoisotopic (exact) mass is 461 g/mol. The summed E-state index contributed by atoms with van der Waals surface area (Å²) in [6.07, 6.45) is 2.37. The number of anilines is 1. The lowest BCUT2D eigenvalue weighted by Crippen LogP contribution is -2.49. The number of piperidine rings is 1.